The second-order valence-electron chi connectivity index (χ2n) is 5.03. The predicted octanol–water partition coefficient (Wildman–Crippen LogP) is 4.32. The van der Waals surface area contributed by atoms with E-state index in [0.717, 1.165) is 49.1 Å². The van der Waals surface area contributed by atoms with E-state index in [-0.39, 0.29) is 0 Å². The number of benzene rings is 1. The first-order chi connectivity index (χ1) is 10.1. The molecule has 2 aromatic rings. The second kappa shape index (κ2) is 7.48. The van der Waals surface area contributed by atoms with Gasteiger partial charge in [-0.2, -0.15) is 0 Å². The van der Waals surface area contributed by atoms with Gasteiger partial charge in [-0.1, -0.05) is 17.7 Å². The first kappa shape index (κ1) is 15.9. The van der Waals surface area contributed by atoms with E-state index in [4.69, 9.17) is 16.3 Å². The lowest BCUT2D eigenvalue weighted by molar-refractivity contribution is 0.142. The predicted molar refractivity (Wildman–Crippen MR) is 87.5 cm³/mol. The lowest BCUT2D eigenvalue weighted by atomic mass is 10.2. The van der Waals surface area contributed by atoms with Crippen molar-refractivity contribution >= 4 is 23.2 Å². The highest BCUT2D eigenvalue weighted by atomic mass is 35.5. The number of hydrogen-bond donors (Lipinski definition) is 1. The smallest absolute Gasteiger partial charge is 0.207 e. The van der Waals surface area contributed by atoms with Gasteiger partial charge in [0.2, 0.25) is 5.95 Å². The molecule has 1 N–H and O–H groups in total. The number of aryl methyl sites for hydroxylation is 3. The van der Waals surface area contributed by atoms with Crippen molar-refractivity contribution in [3.05, 3.63) is 40.7 Å². The van der Waals surface area contributed by atoms with Crippen molar-refractivity contribution in [1.82, 2.24) is 9.55 Å². The van der Waals surface area contributed by atoms with Crippen LogP contribution in [0.1, 0.15) is 24.6 Å². The van der Waals surface area contributed by atoms with Crippen LogP contribution in [-0.2, 0) is 11.3 Å². The Balaban J connectivity index is 2.10. The van der Waals surface area contributed by atoms with Gasteiger partial charge < -0.3 is 14.6 Å². The monoisotopic (exact) mass is 307 g/mol. The molecule has 1 heterocycles. The zero-order valence-electron chi connectivity index (χ0n) is 12.8. The Kier molecular flexibility index (Phi) is 5.65. The fraction of sp³-hybridized carbons (Fsp3) is 0.438. The van der Waals surface area contributed by atoms with Crippen LogP contribution in [0.25, 0.3) is 0 Å². The third-order valence-electron chi connectivity index (χ3n) is 3.23. The Bertz CT molecular complexity index is 595. The Morgan fingerprint density at radius 1 is 1.33 bits per heavy atom. The highest BCUT2D eigenvalue weighted by Gasteiger charge is 2.08. The van der Waals surface area contributed by atoms with Gasteiger partial charge in [-0.3, -0.25) is 0 Å². The number of nitrogens with zero attached hydrogens (tertiary/aromatic N) is 2. The van der Waals surface area contributed by atoms with Crippen molar-refractivity contribution in [3.8, 4) is 0 Å². The summed E-state index contributed by atoms with van der Waals surface area (Å²) in [6.45, 7) is 8.46. The van der Waals surface area contributed by atoms with Gasteiger partial charge in [-0.05, 0) is 44.9 Å². The second-order valence-corrected chi connectivity index (χ2v) is 5.47. The van der Waals surface area contributed by atoms with Gasteiger partial charge in [0.15, 0.2) is 0 Å². The molecule has 0 saturated heterocycles. The SMILES string of the molecule is CCOCCCn1cc(C)nc1Nc1cc(Cl)ccc1C. The molecule has 0 aliphatic rings. The minimum Gasteiger partial charge on any atom is -0.382 e. The molecule has 4 nitrogen and oxygen atoms in total. The van der Waals surface area contributed by atoms with Crippen molar-refractivity contribution in [2.75, 3.05) is 18.5 Å². The summed E-state index contributed by atoms with van der Waals surface area (Å²) >= 11 is 6.06. The molecule has 5 heteroatoms. The van der Waals surface area contributed by atoms with E-state index in [9.17, 15) is 0 Å². The third-order valence-corrected chi connectivity index (χ3v) is 3.47. The lowest BCUT2D eigenvalue weighted by Crippen LogP contribution is -2.06. The van der Waals surface area contributed by atoms with E-state index < -0.39 is 0 Å². The largest absolute Gasteiger partial charge is 0.382 e. The van der Waals surface area contributed by atoms with Crippen molar-refractivity contribution in [3.63, 3.8) is 0 Å². The van der Waals surface area contributed by atoms with Gasteiger partial charge in [0.1, 0.15) is 0 Å². The molecule has 0 saturated carbocycles. The summed E-state index contributed by atoms with van der Waals surface area (Å²) in [5.41, 5.74) is 3.12. The molecule has 1 aromatic carbocycles. The maximum atomic E-state index is 6.06. The average molecular weight is 308 g/mol. The molecule has 1 aromatic heterocycles. The van der Waals surface area contributed by atoms with Gasteiger partial charge >= 0.3 is 0 Å². The normalized spacial score (nSPS) is 10.9. The van der Waals surface area contributed by atoms with E-state index in [1.807, 2.05) is 45.2 Å². The number of aromatic nitrogens is 2. The molecule has 0 amide bonds. The van der Waals surface area contributed by atoms with E-state index in [1.165, 1.54) is 0 Å². The zero-order chi connectivity index (χ0) is 15.2. The van der Waals surface area contributed by atoms with Crippen LogP contribution in [0.15, 0.2) is 24.4 Å². The summed E-state index contributed by atoms with van der Waals surface area (Å²) in [5.74, 6) is 0.842. The summed E-state index contributed by atoms with van der Waals surface area (Å²) < 4.78 is 7.50. The average Bonchev–Trinajstić information content (AvgIpc) is 2.79. The van der Waals surface area contributed by atoms with Gasteiger partial charge in [0.25, 0.3) is 0 Å². The highest BCUT2D eigenvalue weighted by Crippen LogP contribution is 2.24. The van der Waals surface area contributed by atoms with Crippen LogP contribution >= 0.6 is 11.6 Å². The fourth-order valence-corrected chi connectivity index (χ4v) is 2.32. The standard InChI is InChI=1S/C16H22ClN3O/c1-4-21-9-5-8-20-11-13(3)18-16(20)19-15-10-14(17)7-6-12(15)2/h6-7,10-11H,4-5,8-9H2,1-3H3,(H,18,19). The number of halogens is 1. The van der Waals surface area contributed by atoms with Crippen LogP contribution in [0.2, 0.25) is 5.02 Å². The molecule has 114 valence electrons. The first-order valence-corrected chi connectivity index (χ1v) is 7.62. The number of rotatable bonds is 7. The summed E-state index contributed by atoms with van der Waals surface area (Å²) in [4.78, 5) is 4.54. The van der Waals surface area contributed by atoms with Crippen LogP contribution in [-0.4, -0.2) is 22.8 Å². The Labute approximate surface area is 131 Å². The van der Waals surface area contributed by atoms with Crippen molar-refractivity contribution in [2.24, 2.45) is 0 Å². The molecule has 0 aliphatic heterocycles. The van der Waals surface area contributed by atoms with E-state index in [0.29, 0.717) is 5.02 Å². The highest BCUT2D eigenvalue weighted by molar-refractivity contribution is 6.30. The van der Waals surface area contributed by atoms with Gasteiger partial charge in [-0.15, -0.1) is 0 Å². The summed E-state index contributed by atoms with van der Waals surface area (Å²) in [7, 11) is 0. The molecular weight excluding hydrogens is 286 g/mol. The number of ether oxygens (including phenoxy) is 1. The minimum atomic E-state index is 0.717. The van der Waals surface area contributed by atoms with E-state index in [1.54, 1.807) is 0 Å². The molecule has 21 heavy (non-hydrogen) atoms. The van der Waals surface area contributed by atoms with Crippen molar-refractivity contribution in [2.45, 2.75) is 33.7 Å². The quantitative estimate of drug-likeness (QED) is 0.774. The van der Waals surface area contributed by atoms with E-state index in [2.05, 4.69) is 14.9 Å². The molecule has 0 radical (unpaired) electrons. The van der Waals surface area contributed by atoms with Crippen LogP contribution in [0, 0.1) is 13.8 Å². The van der Waals surface area contributed by atoms with Crippen LogP contribution in [0.3, 0.4) is 0 Å². The third kappa shape index (κ3) is 4.48. The van der Waals surface area contributed by atoms with Crippen molar-refractivity contribution < 1.29 is 4.74 Å². The van der Waals surface area contributed by atoms with Crippen molar-refractivity contribution in [1.29, 1.82) is 0 Å². The molecule has 0 bridgehead atoms. The lowest BCUT2D eigenvalue weighted by Gasteiger charge is -2.12. The summed E-state index contributed by atoms with van der Waals surface area (Å²) in [5, 5.41) is 4.09. The van der Waals surface area contributed by atoms with Gasteiger partial charge in [0, 0.05) is 36.7 Å². The number of nitrogens with one attached hydrogen (secondary N) is 1. The van der Waals surface area contributed by atoms with Crippen LogP contribution in [0.5, 0.6) is 0 Å². The molecule has 0 spiro atoms. The molecule has 2 rings (SSSR count). The molecular formula is C16H22ClN3O. The molecule has 0 atom stereocenters. The van der Waals surface area contributed by atoms with Crippen LogP contribution in [0.4, 0.5) is 11.6 Å². The van der Waals surface area contributed by atoms with Crippen LogP contribution < -0.4 is 5.32 Å². The van der Waals surface area contributed by atoms with E-state index >= 15 is 0 Å². The summed E-state index contributed by atoms with van der Waals surface area (Å²) in [6, 6.07) is 5.81. The maximum absolute atomic E-state index is 6.06. The first-order valence-electron chi connectivity index (χ1n) is 7.25. The van der Waals surface area contributed by atoms with Gasteiger partial charge in [0.05, 0.1) is 5.69 Å². The minimum absolute atomic E-state index is 0.717. The molecule has 0 fully saturated rings. The number of imidazole rings is 1. The zero-order valence-corrected chi connectivity index (χ0v) is 13.6. The Hall–Kier alpha value is -1.52. The summed E-state index contributed by atoms with van der Waals surface area (Å²) in [6.07, 6.45) is 3.01. The molecule has 0 aliphatic carbocycles. The fourth-order valence-electron chi connectivity index (χ4n) is 2.15. The Morgan fingerprint density at radius 3 is 2.90 bits per heavy atom. The Morgan fingerprint density at radius 2 is 2.14 bits per heavy atom. The maximum Gasteiger partial charge on any atom is 0.207 e. The number of anilines is 2. The molecule has 0 unspecified atom stereocenters. The topological polar surface area (TPSA) is 39.1 Å². The van der Waals surface area contributed by atoms with Gasteiger partial charge in [-0.25, -0.2) is 4.98 Å². The number of hydrogen-bond acceptors (Lipinski definition) is 3.